The fourth-order valence-corrected chi connectivity index (χ4v) is 27.6. The topological polar surface area (TPSA) is 39.1 Å². The van der Waals surface area contributed by atoms with E-state index in [4.69, 9.17) is 0 Å². The van der Waals surface area contributed by atoms with Crippen LogP contribution in [0.1, 0.15) is 0 Å². The molecule has 0 aliphatic carbocycles. The first-order chi connectivity index (χ1) is 37.1. The number of hydrogen-bond donors (Lipinski definition) is 0. The van der Waals surface area contributed by atoms with Gasteiger partial charge in [0.2, 0.25) is 10.0 Å². The SMILES string of the molecule is CS(=O)(=O)n1c2c3c4c5c6c7c8c9c%10c%11c%12c%13c%10c%10c%14c%15c%13c%13c%16c%12c%12c%17c%11c8c8c%17c%11c%17c%12c%16c%12c%16c%13c%15c%13c%15c%14c%14c%10c9c7c7c%14c9c%15c%10c%14c%13c%16c%13c%15c%12c%17c%12c%16c%11c(c86)c4c%16c2c(c%12%15)c(c%13%14)c1c%10c9c3c75. The number of benzene rings is 24. The van der Waals surface area contributed by atoms with E-state index in [1.807, 2.05) is 3.97 Å². The van der Waals surface area contributed by atoms with Gasteiger partial charge in [0.15, 0.2) is 0 Å². The van der Waals surface area contributed by atoms with Crippen molar-refractivity contribution in [2.24, 2.45) is 0 Å². The molecule has 3 nitrogen and oxygen atoms in total. The molecule has 0 bridgehead atoms. The molecular weight excluding hydrogens is 931 g/mol. The first-order valence-corrected chi connectivity index (χ1v) is 29.2. The Balaban J connectivity index is 1.24. The molecule has 4 heteroatoms. The molecule has 35 aromatic carbocycles. The van der Waals surface area contributed by atoms with Gasteiger partial charge in [0.1, 0.15) is 0 Å². The summed E-state index contributed by atoms with van der Waals surface area (Å²) < 4.78 is 33.8. The summed E-state index contributed by atoms with van der Waals surface area (Å²) >= 11 is 0. The molecular formula is C71H3NO2S. The molecule has 0 aliphatic rings. The Morgan fingerprint density at radius 2 is 0.213 bits per heavy atom. The number of nitrogens with zero attached hydrogens (tertiary/aromatic N) is 1. The van der Waals surface area contributed by atoms with E-state index in [2.05, 4.69) is 0 Å². The van der Waals surface area contributed by atoms with Crippen LogP contribution in [0.25, 0.3) is 377 Å². The third-order valence-corrected chi connectivity index (χ3v) is 27.7. The van der Waals surface area contributed by atoms with Crippen LogP contribution in [0.3, 0.4) is 0 Å². The highest BCUT2D eigenvalue weighted by molar-refractivity contribution is 7.89. The number of hydrogen-bond acceptors (Lipinski definition) is 2. The van der Waals surface area contributed by atoms with E-state index in [1.165, 1.54) is 215 Å². The van der Waals surface area contributed by atoms with Crippen molar-refractivity contribution in [1.82, 2.24) is 3.97 Å². The van der Waals surface area contributed by atoms with Gasteiger partial charge in [-0.1, -0.05) is 0 Å². The van der Waals surface area contributed by atoms with Gasteiger partial charge >= 0.3 is 0 Å². The van der Waals surface area contributed by atoms with E-state index >= 15 is 8.42 Å². The minimum atomic E-state index is -3.90. The van der Waals surface area contributed by atoms with Crippen molar-refractivity contribution in [3.63, 3.8) is 0 Å². The van der Waals surface area contributed by atoms with E-state index in [1.54, 1.807) is 157 Å². The van der Waals surface area contributed by atoms with Gasteiger partial charge in [-0.3, -0.25) is 0 Å². The zero-order chi connectivity index (χ0) is 44.5. The number of rotatable bonds is 1. The van der Waals surface area contributed by atoms with E-state index in [9.17, 15) is 0 Å². The summed E-state index contributed by atoms with van der Waals surface area (Å²) in [5.41, 5.74) is 1.96. The third-order valence-electron chi connectivity index (χ3n) is 26.7. The summed E-state index contributed by atoms with van der Waals surface area (Å²) in [5, 5.41) is 102. The Bertz CT molecular complexity index is 8610. The summed E-state index contributed by atoms with van der Waals surface area (Å²) in [4.78, 5) is 0. The van der Waals surface area contributed by atoms with Crippen molar-refractivity contribution in [1.29, 1.82) is 0 Å². The largest absolute Gasteiger partial charge is 0.236 e. The smallest absolute Gasteiger partial charge is 0.236 e. The minimum absolute atomic E-state index is 0.979. The van der Waals surface area contributed by atoms with Crippen LogP contribution in [-0.4, -0.2) is 18.6 Å². The van der Waals surface area contributed by atoms with Crippen LogP contribution in [0.5, 0.6) is 0 Å². The van der Waals surface area contributed by atoms with Crippen LogP contribution in [0.2, 0.25) is 0 Å². The van der Waals surface area contributed by atoms with Gasteiger partial charge in [-0.25, -0.2) is 12.4 Å². The summed E-state index contributed by atoms with van der Waals surface area (Å²) in [6, 6.07) is 0. The Hall–Kier alpha value is -9.35. The van der Waals surface area contributed by atoms with Gasteiger partial charge < -0.3 is 0 Å². The normalized spacial score (nSPS) is 17.8. The fourth-order valence-electron chi connectivity index (χ4n) is 26.5. The maximum absolute atomic E-state index is 15.9. The Morgan fingerprint density at radius 3 is 0.293 bits per heavy atom. The predicted molar refractivity (Wildman–Crippen MR) is 321 cm³/mol. The number of aromatic nitrogens is 1. The zero-order valence-electron chi connectivity index (χ0n) is 37.7. The van der Waals surface area contributed by atoms with Crippen LogP contribution in [0.15, 0.2) is 0 Å². The molecule has 0 radical (unpaired) electrons. The van der Waals surface area contributed by atoms with Crippen LogP contribution in [0.4, 0.5) is 0 Å². The molecule has 0 saturated carbocycles. The Kier molecular flexibility index (Phi) is 2.15. The van der Waals surface area contributed by atoms with Gasteiger partial charge in [-0.2, -0.15) is 0 Å². The molecule has 0 fully saturated rings. The van der Waals surface area contributed by atoms with Gasteiger partial charge in [0.05, 0.1) is 17.3 Å². The van der Waals surface area contributed by atoms with Crippen LogP contribution < -0.4 is 0 Å². The molecule has 75 heavy (non-hydrogen) atoms. The second-order valence-electron chi connectivity index (χ2n) is 27.2. The first kappa shape index (κ1) is 27.1. The maximum Gasteiger partial charge on any atom is 0.236 e. The zero-order valence-corrected chi connectivity index (χ0v) is 38.5. The molecule has 0 atom stereocenters. The van der Waals surface area contributed by atoms with Crippen LogP contribution in [0, 0.1) is 0 Å². The number of pyridine rings is 1. The predicted octanol–water partition coefficient (Wildman–Crippen LogP) is 19.9. The molecule has 0 amide bonds. The Labute approximate surface area is 403 Å². The van der Waals surface area contributed by atoms with Crippen molar-refractivity contribution in [3.05, 3.63) is 0 Å². The molecule has 0 saturated heterocycles. The molecule has 0 spiro atoms. The average Bonchev–Trinajstić information content (AvgIpc) is 4.41. The van der Waals surface area contributed by atoms with Crippen LogP contribution in [-0.2, 0) is 10.0 Å². The van der Waals surface area contributed by atoms with Crippen molar-refractivity contribution in [2.75, 3.05) is 6.26 Å². The maximum atomic E-state index is 15.9. The lowest BCUT2D eigenvalue weighted by Gasteiger charge is -2.23. The summed E-state index contributed by atoms with van der Waals surface area (Å²) in [7, 11) is -3.90. The number of fused-ring (bicyclic) bond motifs is 5. The minimum Gasteiger partial charge on any atom is -0.236 e. The molecule has 36 rings (SSSR count). The molecule has 36 aromatic rings. The highest BCUT2D eigenvalue weighted by Gasteiger charge is 2.52. The molecule has 0 aliphatic heterocycles. The Morgan fingerprint density at radius 1 is 0.147 bits per heavy atom. The summed E-state index contributed by atoms with van der Waals surface area (Å²) in [6.07, 6.45) is 1.55. The van der Waals surface area contributed by atoms with Gasteiger partial charge in [-0.15, -0.1) is 0 Å². The summed E-state index contributed by atoms with van der Waals surface area (Å²) in [5.74, 6) is 0. The van der Waals surface area contributed by atoms with E-state index in [0.717, 1.165) is 11.0 Å². The summed E-state index contributed by atoms with van der Waals surface area (Å²) in [6.45, 7) is 0. The van der Waals surface area contributed by atoms with E-state index in [0.29, 0.717) is 0 Å². The average molecular weight is 934 g/mol. The molecule has 1 aromatic heterocycles. The monoisotopic (exact) mass is 933 g/mol. The van der Waals surface area contributed by atoms with E-state index < -0.39 is 10.0 Å². The van der Waals surface area contributed by atoms with Gasteiger partial charge in [0, 0.05) is 366 Å². The molecule has 0 N–H and O–H groups in total. The standard InChI is InChI=1S/C71H3NO2S/c1-75(73,74)72-70-66-59-52-40-32-20-16-6-3-2-4-7(6)17-21-19-11(4)13-9-5(2)8-12-10(3)18(20)26-24(12)30-28-14(8)15(9)29-31-25(13)27(19)39-41-33(21)35-23(17)22(16)34(32)42-43(35)55-53(41)60-58-47(39)45(31)51-49-37(29)36(28)48-50-44(30)46(38(26)40)57(59)61(50)68(70)65(56(48)49)69(62(51)58)71(72)67(60)64(55)63(66)54(42)52/h1H3. The lowest BCUT2D eigenvalue weighted by atomic mass is 9.78. The van der Waals surface area contributed by atoms with Crippen molar-refractivity contribution in [2.45, 2.75) is 0 Å². The molecule has 1 heterocycles. The molecule has 310 valence electrons. The first-order valence-electron chi connectivity index (χ1n) is 27.4. The fraction of sp³-hybridized carbons (Fsp3) is 0.0141. The second kappa shape index (κ2) is 5.96. The van der Waals surface area contributed by atoms with Gasteiger partial charge in [0.25, 0.3) is 0 Å². The van der Waals surface area contributed by atoms with Crippen molar-refractivity contribution in [3.8, 4) is 0 Å². The quantitative estimate of drug-likeness (QED) is 0.122. The van der Waals surface area contributed by atoms with Crippen molar-refractivity contribution >= 4 is 387 Å². The van der Waals surface area contributed by atoms with Gasteiger partial charge in [-0.05, 0) is 0 Å². The van der Waals surface area contributed by atoms with Crippen molar-refractivity contribution < 1.29 is 8.42 Å². The lowest BCUT2D eigenvalue weighted by Crippen LogP contribution is -2.13. The third kappa shape index (κ3) is 1.43. The molecule has 0 unspecified atom stereocenters. The highest BCUT2D eigenvalue weighted by Crippen LogP contribution is 2.81. The second-order valence-corrected chi connectivity index (χ2v) is 29.1. The highest BCUT2D eigenvalue weighted by atomic mass is 32.2. The van der Waals surface area contributed by atoms with E-state index in [-0.39, 0.29) is 0 Å². The lowest BCUT2D eigenvalue weighted by molar-refractivity contribution is 0.596. The van der Waals surface area contributed by atoms with Crippen LogP contribution >= 0.6 is 0 Å².